The van der Waals surface area contributed by atoms with Crippen LogP contribution in [-0.4, -0.2) is 15.7 Å². The van der Waals surface area contributed by atoms with Crippen LogP contribution in [-0.2, 0) is 11.4 Å². The first kappa shape index (κ1) is 17.1. The smallest absolute Gasteiger partial charge is 0.573 e. The molecule has 0 aliphatic heterocycles. The van der Waals surface area contributed by atoms with Crippen molar-refractivity contribution in [3.8, 4) is 5.75 Å². The molecule has 0 fully saturated rings. The minimum Gasteiger partial charge on any atom is -0.598 e. The largest absolute Gasteiger partial charge is 0.598 e. The Morgan fingerprint density at radius 3 is 2.35 bits per heavy atom. The van der Waals surface area contributed by atoms with E-state index in [9.17, 15) is 17.7 Å². The number of hydrogen-bond donors (Lipinski definition) is 1. The second-order valence-electron chi connectivity index (χ2n) is 5.34. The first-order valence-corrected chi connectivity index (χ1v) is 7.18. The summed E-state index contributed by atoms with van der Waals surface area (Å²) >= 11 is -1.31. The summed E-state index contributed by atoms with van der Waals surface area (Å²) in [6.45, 7) is 7.17. The highest BCUT2D eigenvalue weighted by molar-refractivity contribution is 7.90. The van der Waals surface area contributed by atoms with E-state index in [1.807, 2.05) is 20.8 Å². The molecule has 0 aliphatic rings. The monoisotopic (exact) mass is 309 g/mol. The molecule has 0 aromatic heterocycles. The molecule has 0 bridgehead atoms. The van der Waals surface area contributed by atoms with Gasteiger partial charge in [-0.25, -0.2) is 0 Å². The molecule has 0 aliphatic carbocycles. The lowest BCUT2D eigenvalue weighted by atomic mass is 10.1. The lowest BCUT2D eigenvalue weighted by Crippen LogP contribution is -2.40. The van der Waals surface area contributed by atoms with E-state index in [1.54, 1.807) is 13.0 Å². The molecule has 3 nitrogen and oxygen atoms in total. The van der Waals surface area contributed by atoms with Gasteiger partial charge in [0.15, 0.2) is 0 Å². The summed E-state index contributed by atoms with van der Waals surface area (Å²) in [6.07, 6.45) is -4.72. The van der Waals surface area contributed by atoms with Crippen LogP contribution >= 0.6 is 0 Å². The molecular weight excluding hydrogens is 291 g/mol. The Morgan fingerprint density at radius 2 is 1.85 bits per heavy atom. The van der Waals surface area contributed by atoms with Crippen molar-refractivity contribution in [1.82, 2.24) is 4.72 Å². The molecule has 0 spiro atoms. The van der Waals surface area contributed by atoms with Crippen LogP contribution in [0.25, 0.3) is 0 Å². The molecule has 0 saturated heterocycles. The van der Waals surface area contributed by atoms with Crippen LogP contribution in [0.15, 0.2) is 24.3 Å². The second kappa shape index (κ2) is 6.24. The first-order chi connectivity index (χ1) is 8.99. The summed E-state index contributed by atoms with van der Waals surface area (Å²) in [5.41, 5.74) is 0.573. The average molecular weight is 309 g/mol. The van der Waals surface area contributed by atoms with Gasteiger partial charge in [0.05, 0.1) is 6.04 Å². The van der Waals surface area contributed by atoms with Crippen molar-refractivity contribution >= 4 is 11.4 Å². The molecule has 20 heavy (non-hydrogen) atoms. The molecule has 0 saturated carbocycles. The number of rotatable bonds is 4. The van der Waals surface area contributed by atoms with Crippen molar-refractivity contribution in [2.24, 2.45) is 0 Å². The highest BCUT2D eigenvalue weighted by atomic mass is 32.2. The van der Waals surface area contributed by atoms with Gasteiger partial charge in [0.1, 0.15) is 10.5 Å². The standard InChI is InChI=1S/C13H18F3NO2S/c1-9(17-20(18)12(2,3)4)10-6-5-7-11(8-10)19-13(14,15)16/h5-9,17H,1-4H3/t9-,20+/m0/s1. The Hall–Kier alpha value is -0.920. The van der Waals surface area contributed by atoms with Gasteiger partial charge in [-0.2, -0.15) is 0 Å². The fourth-order valence-electron chi connectivity index (χ4n) is 1.39. The Morgan fingerprint density at radius 1 is 1.25 bits per heavy atom. The summed E-state index contributed by atoms with van der Waals surface area (Å²) < 4.78 is 54.7. The van der Waals surface area contributed by atoms with Crippen LogP contribution in [0.1, 0.15) is 39.3 Å². The number of ether oxygens (including phenoxy) is 1. The van der Waals surface area contributed by atoms with Gasteiger partial charge in [-0.3, -0.25) is 0 Å². The SMILES string of the molecule is C[C@H](N[S@+]([O-])C(C)(C)C)c1cccc(OC(F)(F)F)c1. The molecule has 0 amide bonds. The molecule has 0 radical (unpaired) electrons. The van der Waals surface area contributed by atoms with Gasteiger partial charge in [-0.15, -0.1) is 17.9 Å². The van der Waals surface area contributed by atoms with Gasteiger partial charge in [0, 0.05) is 11.4 Å². The number of halogens is 3. The van der Waals surface area contributed by atoms with Crippen LogP contribution in [0.5, 0.6) is 5.75 Å². The molecule has 0 heterocycles. The molecule has 1 N–H and O–H groups in total. The normalized spacial score (nSPS) is 15.8. The number of nitrogens with one attached hydrogen (secondary N) is 1. The van der Waals surface area contributed by atoms with Gasteiger partial charge in [0.2, 0.25) is 0 Å². The van der Waals surface area contributed by atoms with Gasteiger partial charge in [0.25, 0.3) is 0 Å². The number of benzene rings is 1. The van der Waals surface area contributed by atoms with Crippen molar-refractivity contribution in [2.45, 2.75) is 44.8 Å². The molecule has 114 valence electrons. The number of alkyl halides is 3. The molecule has 0 unspecified atom stereocenters. The first-order valence-electron chi connectivity index (χ1n) is 6.03. The van der Waals surface area contributed by atoms with Crippen molar-refractivity contribution in [3.63, 3.8) is 0 Å². The summed E-state index contributed by atoms with van der Waals surface area (Å²) in [4.78, 5) is 0. The van der Waals surface area contributed by atoms with E-state index in [-0.39, 0.29) is 11.8 Å². The van der Waals surface area contributed by atoms with E-state index in [2.05, 4.69) is 9.46 Å². The third kappa shape index (κ3) is 5.60. The van der Waals surface area contributed by atoms with Crippen LogP contribution in [0.2, 0.25) is 0 Å². The van der Waals surface area contributed by atoms with Crippen LogP contribution < -0.4 is 9.46 Å². The minimum absolute atomic E-state index is 0.287. The predicted molar refractivity (Wildman–Crippen MR) is 72.6 cm³/mol. The maximum Gasteiger partial charge on any atom is 0.573 e. The topological polar surface area (TPSA) is 44.3 Å². The molecule has 7 heteroatoms. The maximum atomic E-state index is 12.2. The van der Waals surface area contributed by atoms with E-state index in [4.69, 9.17) is 0 Å². The Kier molecular flexibility index (Phi) is 5.34. The average Bonchev–Trinajstić information content (AvgIpc) is 2.25. The van der Waals surface area contributed by atoms with Gasteiger partial charge in [-0.1, -0.05) is 12.1 Å². The quantitative estimate of drug-likeness (QED) is 0.863. The summed E-state index contributed by atoms with van der Waals surface area (Å²) in [5, 5.41) is 0. The second-order valence-corrected chi connectivity index (χ2v) is 7.34. The Balaban J connectivity index is 2.79. The summed E-state index contributed by atoms with van der Waals surface area (Å²) in [6, 6.07) is 5.27. The van der Waals surface area contributed by atoms with Crippen molar-refractivity contribution < 1.29 is 22.5 Å². The van der Waals surface area contributed by atoms with Gasteiger partial charge in [-0.05, 0) is 45.4 Å². The van der Waals surface area contributed by atoms with E-state index >= 15 is 0 Å². The van der Waals surface area contributed by atoms with E-state index < -0.39 is 22.5 Å². The van der Waals surface area contributed by atoms with Crippen molar-refractivity contribution in [1.29, 1.82) is 0 Å². The highest BCUT2D eigenvalue weighted by Gasteiger charge is 2.32. The fraction of sp³-hybridized carbons (Fsp3) is 0.538. The van der Waals surface area contributed by atoms with Crippen molar-refractivity contribution in [2.75, 3.05) is 0 Å². The predicted octanol–water partition coefficient (Wildman–Crippen LogP) is 3.70. The van der Waals surface area contributed by atoms with Crippen LogP contribution in [0.3, 0.4) is 0 Å². The Bertz CT molecular complexity index is 446. The molecule has 1 aromatic carbocycles. The van der Waals surface area contributed by atoms with E-state index in [1.165, 1.54) is 18.2 Å². The van der Waals surface area contributed by atoms with Crippen LogP contribution in [0.4, 0.5) is 13.2 Å². The van der Waals surface area contributed by atoms with Gasteiger partial charge < -0.3 is 9.29 Å². The molecule has 1 aromatic rings. The number of hydrogen-bond acceptors (Lipinski definition) is 3. The molecule has 2 atom stereocenters. The fourth-order valence-corrected chi connectivity index (χ4v) is 2.20. The molecule has 1 rings (SSSR count). The molecular formula is C13H18F3NO2S. The van der Waals surface area contributed by atoms with E-state index in [0.717, 1.165) is 0 Å². The highest BCUT2D eigenvalue weighted by Crippen LogP contribution is 2.26. The maximum absolute atomic E-state index is 12.2. The van der Waals surface area contributed by atoms with Crippen molar-refractivity contribution in [3.05, 3.63) is 29.8 Å². The lowest BCUT2D eigenvalue weighted by molar-refractivity contribution is -0.274. The minimum atomic E-state index is -4.72. The third-order valence-electron chi connectivity index (χ3n) is 2.43. The van der Waals surface area contributed by atoms with E-state index in [0.29, 0.717) is 5.56 Å². The van der Waals surface area contributed by atoms with Gasteiger partial charge >= 0.3 is 6.36 Å². The third-order valence-corrected chi connectivity index (χ3v) is 4.11. The zero-order valence-corrected chi connectivity index (χ0v) is 12.6. The Labute approximate surface area is 119 Å². The zero-order chi connectivity index (χ0) is 15.6. The van der Waals surface area contributed by atoms with Crippen LogP contribution in [0, 0.1) is 0 Å². The summed E-state index contributed by atoms with van der Waals surface area (Å²) in [5.74, 6) is -0.287. The summed E-state index contributed by atoms with van der Waals surface area (Å²) in [7, 11) is 0. The zero-order valence-electron chi connectivity index (χ0n) is 11.7. The lowest BCUT2D eigenvalue weighted by Gasteiger charge is -2.26.